The van der Waals surface area contributed by atoms with Crippen LogP contribution in [0, 0.1) is 6.92 Å². The van der Waals surface area contributed by atoms with Crippen molar-refractivity contribution >= 4 is 29.1 Å². The van der Waals surface area contributed by atoms with Crippen LogP contribution in [0.2, 0.25) is 5.02 Å². The number of carbonyl (C=O) groups is 2. The van der Waals surface area contributed by atoms with Gasteiger partial charge in [0.2, 0.25) is 11.8 Å². The highest BCUT2D eigenvalue weighted by Gasteiger charge is 2.39. The van der Waals surface area contributed by atoms with Gasteiger partial charge in [0, 0.05) is 13.6 Å². The van der Waals surface area contributed by atoms with Crippen LogP contribution >= 0.6 is 11.6 Å². The number of halogens is 1. The molecular weight excluding hydrogens is 350 g/mol. The number of carbonyl (C=O) groups excluding carboxylic acids is 2. The molecule has 0 saturated carbocycles. The first kappa shape index (κ1) is 18.4. The Kier molecular flexibility index (Phi) is 5.30. The number of rotatable bonds is 4. The van der Waals surface area contributed by atoms with Gasteiger partial charge in [-0.25, -0.2) is 0 Å². The lowest BCUT2D eigenvalue weighted by Gasteiger charge is -2.27. The average Bonchev–Trinajstić information content (AvgIpc) is 3.02. The fourth-order valence-corrected chi connectivity index (χ4v) is 3.46. The van der Waals surface area contributed by atoms with Crippen molar-refractivity contribution in [3.63, 3.8) is 0 Å². The summed E-state index contributed by atoms with van der Waals surface area (Å²) in [5.74, 6) is -0.404. The van der Waals surface area contributed by atoms with Crippen LogP contribution in [-0.4, -0.2) is 36.3 Å². The second kappa shape index (κ2) is 7.48. The van der Waals surface area contributed by atoms with E-state index < -0.39 is 12.1 Å². The van der Waals surface area contributed by atoms with Crippen molar-refractivity contribution in [2.45, 2.75) is 25.4 Å². The van der Waals surface area contributed by atoms with Gasteiger partial charge in [0.05, 0.1) is 10.7 Å². The van der Waals surface area contributed by atoms with Crippen LogP contribution in [0.4, 0.5) is 5.69 Å². The second-order valence-electron chi connectivity index (χ2n) is 6.58. The molecule has 2 amide bonds. The molecule has 0 radical (unpaired) electrons. The smallest absolute Gasteiger partial charge is 0.249 e. The van der Waals surface area contributed by atoms with E-state index in [-0.39, 0.29) is 11.8 Å². The zero-order valence-corrected chi connectivity index (χ0v) is 15.6. The summed E-state index contributed by atoms with van der Waals surface area (Å²) in [6, 6.07) is 13.4. The van der Waals surface area contributed by atoms with Gasteiger partial charge in [-0.3, -0.25) is 9.59 Å². The predicted molar refractivity (Wildman–Crippen MR) is 103 cm³/mol. The Morgan fingerprint density at radius 2 is 1.88 bits per heavy atom. The Hall–Kier alpha value is -2.37. The van der Waals surface area contributed by atoms with E-state index in [1.165, 1.54) is 4.90 Å². The minimum absolute atomic E-state index is 0.134. The van der Waals surface area contributed by atoms with E-state index in [2.05, 4.69) is 0 Å². The van der Waals surface area contributed by atoms with Crippen molar-refractivity contribution in [2.75, 3.05) is 18.5 Å². The molecule has 0 aliphatic carbocycles. The number of hydrogen-bond donors (Lipinski definition) is 1. The number of anilines is 1. The van der Waals surface area contributed by atoms with Gasteiger partial charge >= 0.3 is 0 Å². The van der Waals surface area contributed by atoms with Crippen molar-refractivity contribution in [1.82, 2.24) is 4.90 Å². The topological polar surface area (TPSA) is 66.6 Å². The highest BCUT2D eigenvalue weighted by atomic mass is 35.5. The van der Waals surface area contributed by atoms with Gasteiger partial charge in [0.15, 0.2) is 0 Å². The summed E-state index contributed by atoms with van der Waals surface area (Å²) >= 11 is 6.21. The zero-order valence-electron chi connectivity index (χ0n) is 14.9. The summed E-state index contributed by atoms with van der Waals surface area (Å²) in [7, 11) is 1.63. The maximum absolute atomic E-state index is 12.8. The van der Waals surface area contributed by atoms with E-state index in [0.29, 0.717) is 23.7 Å². The quantitative estimate of drug-likeness (QED) is 0.898. The molecule has 136 valence electrons. The summed E-state index contributed by atoms with van der Waals surface area (Å²) in [5, 5.41) is 0.520. The average molecular weight is 372 g/mol. The van der Waals surface area contributed by atoms with Crippen molar-refractivity contribution in [1.29, 1.82) is 0 Å². The number of benzene rings is 2. The third-order valence-electron chi connectivity index (χ3n) is 4.84. The Morgan fingerprint density at radius 1 is 1.23 bits per heavy atom. The lowest BCUT2D eigenvalue weighted by Crippen LogP contribution is -2.46. The van der Waals surface area contributed by atoms with Gasteiger partial charge in [-0.2, -0.15) is 0 Å². The van der Waals surface area contributed by atoms with Crippen molar-refractivity contribution < 1.29 is 9.59 Å². The Balaban J connectivity index is 1.74. The number of nitrogens with two attached hydrogens (primary N) is 1. The van der Waals surface area contributed by atoms with Crippen LogP contribution in [-0.2, 0) is 9.59 Å². The van der Waals surface area contributed by atoms with Crippen LogP contribution in [0.25, 0.3) is 0 Å². The van der Waals surface area contributed by atoms with Gasteiger partial charge in [-0.05, 0) is 31.0 Å². The molecule has 1 heterocycles. The number of amides is 2. The second-order valence-corrected chi connectivity index (χ2v) is 6.99. The molecule has 2 aromatic carbocycles. The summed E-state index contributed by atoms with van der Waals surface area (Å²) in [6.45, 7) is 2.49. The van der Waals surface area contributed by atoms with E-state index in [1.807, 2.05) is 49.4 Å². The largest absolute Gasteiger partial charge is 0.332 e. The Labute approximate surface area is 158 Å². The highest BCUT2D eigenvalue weighted by molar-refractivity contribution is 6.34. The van der Waals surface area contributed by atoms with Gasteiger partial charge in [-0.1, -0.05) is 53.6 Å². The summed E-state index contributed by atoms with van der Waals surface area (Å²) in [6.07, 6.45) is 0.549. The monoisotopic (exact) mass is 371 g/mol. The molecule has 1 aliphatic heterocycles. The normalized spacial score (nSPS) is 18.1. The number of likely N-dealkylation sites (N-methyl/N-ethyl adjacent to an activating group) is 1. The minimum Gasteiger partial charge on any atom is -0.332 e. The molecule has 2 aromatic rings. The Bertz CT molecular complexity index is 822. The van der Waals surface area contributed by atoms with Crippen LogP contribution in [0.3, 0.4) is 0 Å². The maximum Gasteiger partial charge on any atom is 0.249 e. The fourth-order valence-electron chi connectivity index (χ4n) is 3.22. The summed E-state index contributed by atoms with van der Waals surface area (Å²) in [4.78, 5) is 28.7. The fraction of sp³-hybridized carbons (Fsp3) is 0.300. The molecule has 5 nitrogen and oxygen atoms in total. The summed E-state index contributed by atoms with van der Waals surface area (Å²) < 4.78 is 0. The first-order chi connectivity index (χ1) is 12.4. The van der Waals surface area contributed by atoms with E-state index in [9.17, 15) is 9.59 Å². The van der Waals surface area contributed by atoms with Crippen molar-refractivity contribution in [3.8, 4) is 0 Å². The van der Waals surface area contributed by atoms with Crippen LogP contribution in [0.5, 0.6) is 0 Å². The third-order valence-corrected chi connectivity index (χ3v) is 5.16. The minimum atomic E-state index is -0.789. The molecular formula is C20H22ClN3O2. The molecule has 1 fully saturated rings. The third kappa shape index (κ3) is 3.45. The van der Waals surface area contributed by atoms with E-state index >= 15 is 0 Å². The molecule has 26 heavy (non-hydrogen) atoms. The molecule has 0 aromatic heterocycles. The van der Waals surface area contributed by atoms with Gasteiger partial charge in [0.1, 0.15) is 12.1 Å². The molecule has 1 saturated heterocycles. The lowest BCUT2D eigenvalue weighted by atomic mass is 10.0. The predicted octanol–water partition coefficient (Wildman–Crippen LogP) is 2.91. The van der Waals surface area contributed by atoms with Gasteiger partial charge < -0.3 is 15.5 Å². The van der Waals surface area contributed by atoms with E-state index in [1.54, 1.807) is 18.0 Å². The van der Waals surface area contributed by atoms with Crippen LogP contribution in [0.1, 0.15) is 23.6 Å². The van der Waals surface area contributed by atoms with Gasteiger partial charge in [0.25, 0.3) is 0 Å². The number of aryl methyl sites for hydroxylation is 1. The molecule has 0 spiro atoms. The molecule has 2 N–H and O–H groups in total. The first-order valence-electron chi connectivity index (χ1n) is 8.55. The molecule has 3 rings (SSSR count). The Morgan fingerprint density at radius 3 is 2.54 bits per heavy atom. The zero-order chi connectivity index (χ0) is 18.8. The van der Waals surface area contributed by atoms with E-state index in [4.69, 9.17) is 17.3 Å². The standard InChI is InChI=1S/C20H22ClN3O2/c1-13-7-9-14(10-8-13)18(22)20(26)23(2)17-11-12-24(19(17)25)16-6-4-3-5-15(16)21/h3-10,17-18H,11-12,22H2,1-2H3. The van der Waals surface area contributed by atoms with E-state index in [0.717, 1.165) is 11.1 Å². The van der Waals surface area contributed by atoms with Crippen molar-refractivity contribution in [2.24, 2.45) is 5.73 Å². The number of hydrogen-bond acceptors (Lipinski definition) is 3. The SMILES string of the molecule is Cc1ccc(C(N)C(=O)N(C)C2CCN(c3ccccc3Cl)C2=O)cc1. The highest BCUT2D eigenvalue weighted by Crippen LogP contribution is 2.30. The summed E-state index contributed by atoms with van der Waals surface area (Å²) in [5.41, 5.74) is 8.64. The number of para-hydroxylation sites is 1. The van der Waals surface area contributed by atoms with Crippen LogP contribution < -0.4 is 10.6 Å². The van der Waals surface area contributed by atoms with Crippen molar-refractivity contribution in [3.05, 3.63) is 64.7 Å². The lowest BCUT2D eigenvalue weighted by molar-refractivity contribution is -0.137. The number of nitrogens with zero attached hydrogens (tertiary/aromatic N) is 2. The molecule has 1 aliphatic rings. The molecule has 6 heteroatoms. The molecule has 2 unspecified atom stereocenters. The van der Waals surface area contributed by atoms with Crippen LogP contribution in [0.15, 0.2) is 48.5 Å². The first-order valence-corrected chi connectivity index (χ1v) is 8.92. The molecule has 0 bridgehead atoms. The maximum atomic E-state index is 12.8. The van der Waals surface area contributed by atoms with Gasteiger partial charge in [-0.15, -0.1) is 0 Å². The molecule has 2 atom stereocenters.